The van der Waals surface area contributed by atoms with Gasteiger partial charge in [-0.05, 0) is 39.7 Å². The fourth-order valence-corrected chi connectivity index (χ4v) is 3.63. The lowest BCUT2D eigenvalue weighted by atomic mass is 10.1. The molecule has 1 fully saturated rings. The van der Waals surface area contributed by atoms with E-state index in [9.17, 15) is 27.9 Å². The van der Waals surface area contributed by atoms with Gasteiger partial charge in [-0.25, -0.2) is 15.0 Å². The van der Waals surface area contributed by atoms with Crippen LogP contribution in [0.5, 0.6) is 0 Å². The smallest absolute Gasteiger partial charge is 0.393 e. The maximum atomic E-state index is 13.0. The van der Waals surface area contributed by atoms with Gasteiger partial charge in [0, 0.05) is 42.8 Å². The number of amides is 2. The molecule has 3 rings (SSSR count). The number of piperidine rings is 1. The number of carbonyl (C=O) groups is 2. The molecule has 38 heavy (non-hydrogen) atoms. The van der Waals surface area contributed by atoms with Crippen molar-refractivity contribution in [2.45, 2.75) is 51.9 Å². The van der Waals surface area contributed by atoms with E-state index in [4.69, 9.17) is 11.6 Å². The number of nitrogens with one attached hydrogen (secondary N) is 2. The average molecular weight is 554 g/mol. The number of hydrogen-bond donors (Lipinski definition) is 3. The number of pyridine rings is 1. The fourth-order valence-electron chi connectivity index (χ4n) is 3.42. The van der Waals surface area contributed by atoms with E-state index >= 15 is 0 Å². The van der Waals surface area contributed by atoms with Crippen molar-refractivity contribution in [3.8, 4) is 0 Å². The van der Waals surface area contributed by atoms with Crippen LogP contribution in [0.25, 0.3) is 0 Å². The first-order chi connectivity index (χ1) is 17.8. The Hall–Kier alpha value is -3.58. The van der Waals surface area contributed by atoms with Crippen LogP contribution in [-0.4, -0.2) is 62.8 Å². The van der Waals surface area contributed by atoms with E-state index in [0.29, 0.717) is 43.5 Å². The van der Waals surface area contributed by atoms with Gasteiger partial charge in [-0.15, -0.1) is 0 Å². The van der Waals surface area contributed by atoms with E-state index in [2.05, 4.69) is 30.6 Å². The molecule has 204 valence electrons. The summed E-state index contributed by atoms with van der Waals surface area (Å²) < 4.78 is 39.1. The summed E-state index contributed by atoms with van der Waals surface area (Å²) in [4.78, 5) is 43.2. The number of carbonyl (C=O) groups excluding carboxylic acids is 2. The van der Waals surface area contributed by atoms with Crippen LogP contribution in [0.2, 0.25) is 5.02 Å². The summed E-state index contributed by atoms with van der Waals surface area (Å²) in [5, 5.41) is 14.2. The Labute approximate surface area is 222 Å². The molecule has 14 heteroatoms. The first-order valence-corrected chi connectivity index (χ1v) is 12.0. The number of aromatic nitrogens is 3. The highest BCUT2D eigenvalue weighted by Crippen LogP contribution is 2.35. The second-order valence-corrected chi connectivity index (χ2v) is 9.17. The molecule has 1 aliphatic rings. The molecular weight excluding hydrogens is 527 g/mol. The van der Waals surface area contributed by atoms with Crippen LogP contribution >= 0.6 is 11.6 Å². The number of aliphatic hydroxyl groups is 1. The van der Waals surface area contributed by atoms with Gasteiger partial charge in [-0.2, -0.15) is 13.2 Å². The van der Waals surface area contributed by atoms with Crippen LogP contribution < -0.4 is 15.5 Å². The van der Waals surface area contributed by atoms with Gasteiger partial charge in [-0.3, -0.25) is 14.6 Å². The molecule has 1 atom stereocenters. The maximum absolute atomic E-state index is 13.0. The summed E-state index contributed by atoms with van der Waals surface area (Å²) in [5.41, 5.74) is -0.385. The highest BCUT2D eigenvalue weighted by molar-refractivity contribution is 6.31. The molecule has 3 N–H and O–H groups in total. The average Bonchev–Trinajstić information content (AvgIpc) is 2.87. The standard InChI is InChI=1S/C24H27ClF3N7O3/c1-13(22(37)34-20-8-17(24(26,27)28)18(25)11-30-20)10-29-14(2)15(3)33-23(38)19-9-21(32-12-31-19)35-6-4-16(36)5-7-35/h8-12,15-16,36H,4-7H2,1-3H3,(H,33,38)(H,30,34,37)/b13-10+,29-14?/t15-/m1/s1. The van der Waals surface area contributed by atoms with Crippen molar-refractivity contribution in [1.82, 2.24) is 20.3 Å². The molecule has 2 aromatic rings. The van der Waals surface area contributed by atoms with Gasteiger partial charge in [-0.1, -0.05) is 11.6 Å². The second-order valence-electron chi connectivity index (χ2n) is 8.76. The fraction of sp³-hybridized carbons (Fsp3) is 0.417. The number of anilines is 2. The zero-order valence-corrected chi connectivity index (χ0v) is 21.6. The zero-order chi connectivity index (χ0) is 28.0. The number of hydrogen-bond acceptors (Lipinski definition) is 8. The molecule has 10 nitrogen and oxygen atoms in total. The minimum Gasteiger partial charge on any atom is -0.393 e. The molecular formula is C24H27ClF3N7O3. The Morgan fingerprint density at radius 1 is 1.21 bits per heavy atom. The molecule has 1 aliphatic heterocycles. The molecule has 0 spiro atoms. The van der Waals surface area contributed by atoms with Gasteiger partial charge in [0.25, 0.3) is 11.8 Å². The van der Waals surface area contributed by atoms with E-state index in [-0.39, 0.29) is 23.2 Å². The van der Waals surface area contributed by atoms with Crippen LogP contribution in [0, 0.1) is 0 Å². The summed E-state index contributed by atoms with van der Waals surface area (Å²) in [6.45, 7) is 6.02. The lowest BCUT2D eigenvalue weighted by molar-refractivity contribution is -0.137. The minimum absolute atomic E-state index is 0.0975. The Kier molecular flexibility index (Phi) is 9.39. The van der Waals surface area contributed by atoms with Gasteiger partial charge in [0.15, 0.2) is 0 Å². The van der Waals surface area contributed by atoms with Crippen LogP contribution in [0.4, 0.5) is 24.8 Å². The number of halogens is 4. The number of aliphatic hydroxyl groups excluding tert-OH is 1. The van der Waals surface area contributed by atoms with Gasteiger partial charge >= 0.3 is 6.18 Å². The highest BCUT2D eigenvalue weighted by atomic mass is 35.5. The van der Waals surface area contributed by atoms with Crippen LogP contribution in [0.1, 0.15) is 49.7 Å². The van der Waals surface area contributed by atoms with Gasteiger partial charge in [0.1, 0.15) is 23.7 Å². The van der Waals surface area contributed by atoms with E-state index in [1.54, 1.807) is 19.9 Å². The Morgan fingerprint density at radius 3 is 2.55 bits per heavy atom. The monoisotopic (exact) mass is 553 g/mol. The minimum atomic E-state index is -4.70. The second kappa shape index (κ2) is 12.3. The SMILES string of the molecule is CC(=N/C=C(\C)C(=O)Nc1cc(C(F)(F)F)c(Cl)cn1)[C@@H](C)NC(=O)c1cc(N2CCC(O)CC2)ncn1. The van der Waals surface area contributed by atoms with E-state index in [1.807, 2.05) is 4.90 Å². The first-order valence-electron chi connectivity index (χ1n) is 11.7. The van der Waals surface area contributed by atoms with Crippen molar-refractivity contribution in [1.29, 1.82) is 0 Å². The lowest BCUT2D eigenvalue weighted by Crippen LogP contribution is -2.38. The van der Waals surface area contributed by atoms with Crippen LogP contribution in [0.3, 0.4) is 0 Å². The van der Waals surface area contributed by atoms with E-state index < -0.39 is 34.6 Å². The Morgan fingerprint density at radius 2 is 1.89 bits per heavy atom. The number of rotatable bonds is 7. The lowest BCUT2D eigenvalue weighted by Gasteiger charge is -2.30. The summed E-state index contributed by atoms with van der Waals surface area (Å²) in [7, 11) is 0. The van der Waals surface area contributed by atoms with E-state index in [1.165, 1.54) is 19.5 Å². The molecule has 0 bridgehead atoms. The predicted octanol–water partition coefficient (Wildman–Crippen LogP) is 3.63. The number of alkyl halides is 3. The van der Waals surface area contributed by atoms with Gasteiger partial charge in [0.05, 0.1) is 22.7 Å². The number of nitrogens with zero attached hydrogens (tertiary/aromatic N) is 5. The first kappa shape index (κ1) is 29.0. The molecule has 2 amide bonds. The Balaban J connectivity index is 1.61. The highest BCUT2D eigenvalue weighted by Gasteiger charge is 2.34. The summed E-state index contributed by atoms with van der Waals surface area (Å²) in [5.74, 6) is -0.872. The molecule has 0 unspecified atom stereocenters. The van der Waals surface area contributed by atoms with Crippen LogP contribution in [-0.2, 0) is 11.0 Å². The summed E-state index contributed by atoms with van der Waals surface area (Å²) >= 11 is 5.55. The molecule has 0 radical (unpaired) electrons. The normalized spacial score (nSPS) is 16.3. The molecule has 0 aliphatic carbocycles. The largest absolute Gasteiger partial charge is 0.418 e. The van der Waals surface area contributed by atoms with Crippen LogP contribution in [0.15, 0.2) is 41.4 Å². The third-order valence-corrected chi connectivity index (χ3v) is 6.17. The molecule has 1 saturated heterocycles. The predicted molar refractivity (Wildman–Crippen MR) is 136 cm³/mol. The van der Waals surface area contributed by atoms with Crippen molar-refractivity contribution in [3.63, 3.8) is 0 Å². The zero-order valence-electron chi connectivity index (χ0n) is 20.9. The summed E-state index contributed by atoms with van der Waals surface area (Å²) in [6.07, 6.45) is -0.443. The van der Waals surface area contributed by atoms with Crippen molar-refractivity contribution >= 4 is 40.8 Å². The van der Waals surface area contributed by atoms with Crippen molar-refractivity contribution in [3.05, 3.63) is 52.7 Å². The Bertz CT molecular complexity index is 1250. The third-order valence-electron chi connectivity index (χ3n) is 5.87. The molecule has 0 aromatic carbocycles. The summed E-state index contributed by atoms with van der Waals surface area (Å²) in [6, 6.07) is 1.70. The number of aliphatic imine (C=N–C) groups is 1. The molecule has 3 heterocycles. The van der Waals surface area contributed by atoms with Crippen molar-refractivity contribution < 1.29 is 27.9 Å². The van der Waals surface area contributed by atoms with Gasteiger partial charge in [0.2, 0.25) is 0 Å². The molecule has 2 aromatic heterocycles. The quantitative estimate of drug-likeness (QED) is 0.352. The maximum Gasteiger partial charge on any atom is 0.418 e. The third kappa shape index (κ3) is 7.71. The van der Waals surface area contributed by atoms with E-state index in [0.717, 1.165) is 6.20 Å². The molecule has 0 saturated carbocycles. The van der Waals surface area contributed by atoms with Gasteiger partial charge < -0.3 is 20.6 Å². The van der Waals surface area contributed by atoms with Crippen molar-refractivity contribution in [2.75, 3.05) is 23.3 Å². The topological polar surface area (TPSA) is 133 Å². The van der Waals surface area contributed by atoms with Crippen molar-refractivity contribution in [2.24, 2.45) is 4.99 Å².